The molecule has 0 aliphatic rings. The zero-order chi connectivity index (χ0) is 13.2. The summed E-state index contributed by atoms with van der Waals surface area (Å²) in [6.07, 6.45) is -4.39. The van der Waals surface area contributed by atoms with E-state index in [-0.39, 0.29) is 12.4 Å². The topological polar surface area (TPSA) is 48.1 Å². The molecule has 0 aliphatic carbocycles. The van der Waals surface area contributed by atoms with Crippen LogP contribution in [-0.2, 0) is 6.54 Å². The molecule has 0 spiro atoms. The highest BCUT2D eigenvalue weighted by Crippen LogP contribution is 2.26. The van der Waals surface area contributed by atoms with Gasteiger partial charge in [0.2, 0.25) is 5.88 Å². The zero-order valence-corrected chi connectivity index (χ0v) is 9.37. The van der Waals surface area contributed by atoms with Gasteiger partial charge < -0.3 is 10.5 Å². The first-order valence-electron chi connectivity index (χ1n) is 5.28. The highest BCUT2D eigenvalue weighted by Gasteiger charge is 2.29. The molecule has 96 valence electrons. The third-order valence-electron chi connectivity index (χ3n) is 2.34. The lowest BCUT2D eigenvalue weighted by molar-refractivity contribution is -0.153. The molecule has 2 aromatic rings. The molecule has 0 aliphatic heterocycles. The minimum Gasteiger partial charge on any atom is -0.468 e. The number of aromatic nitrogens is 1. The molecule has 0 bridgehead atoms. The van der Waals surface area contributed by atoms with Crippen LogP contribution in [0.15, 0.2) is 30.3 Å². The molecule has 0 fully saturated rings. The average molecular weight is 256 g/mol. The number of ether oxygens (including phenoxy) is 1. The quantitative estimate of drug-likeness (QED) is 0.918. The van der Waals surface area contributed by atoms with Crippen LogP contribution >= 0.6 is 0 Å². The Bertz CT molecular complexity index is 555. The summed E-state index contributed by atoms with van der Waals surface area (Å²) < 4.78 is 41.2. The van der Waals surface area contributed by atoms with Gasteiger partial charge in [-0.3, -0.25) is 0 Å². The van der Waals surface area contributed by atoms with Gasteiger partial charge in [0.1, 0.15) is 0 Å². The van der Waals surface area contributed by atoms with Crippen LogP contribution < -0.4 is 10.5 Å². The Morgan fingerprint density at radius 2 is 1.94 bits per heavy atom. The summed E-state index contributed by atoms with van der Waals surface area (Å²) in [7, 11) is 0. The van der Waals surface area contributed by atoms with Gasteiger partial charge in [-0.2, -0.15) is 13.2 Å². The van der Waals surface area contributed by atoms with Crippen molar-refractivity contribution in [2.75, 3.05) is 6.61 Å². The van der Waals surface area contributed by atoms with Crippen molar-refractivity contribution in [2.24, 2.45) is 5.73 Å². The number of fused-ring (bicyclic) bond motifs is 1. The first-order valence-corrected chi connectivity index (χ1v) is 5.28. The fourth-order valence-electron chi connectivity index (χ4n) is 1.58. The summed E-state index contributed by atoms with van der Waals surface area (Å²) in [4.78, 5) is 3.98. The fraction of sp³-hybridized carbons (Fsp3) is 0.250. The third kappa shape index (κ3) is 2.89. The predicted octanol–water partition coefficient (Wildman–Crippen LogP) is 2.63. The molecule has 18 heavy (non-hydrogen) atoms. The van der Waals surface area contributed by atoms with Crippen molar-refractivity contribution in [3.63, 3.8) is 0 Å². The Morgan fingerprint density at radius 1 is 1.22 bits per heavy atom. The van der Waals surface area contributed by atoms with Crippen molar-refractivity contribution >= 4 is 10.8 Å². The van der Waals surface area contributed by atoms with Crippen LogP contribution in [-0.4, -0.2) is 17.8 Å². The van der Waals surface area contributed by atoms with Gasteiger partial charge in [0.15, 0.2) is 6.61 Å². The summed E-state index contributed by atoms with van der Waals surface area (Å²) in [6, 6.07) is 8.67. The van der Waals surface area contributed by atoms with Gasteiger partial charge in [-0.15, -0.1) is 0 Å². The van der Waals surface area contributed by atoms with Crippen molar-refractivity contribution in [1.29, 1.82) is 0 Å². The molecular formula is C12H11F3N2O. The van der Waals surface area contributed by atoms with Gasteiger partial charge in [-0.25, -0.2) is 4.98 Å². The second kappa shape index (κ2) is 4.81. The summed E-state index contributed by atoms with van der Waals surface area (Å²) in [6.45, 7) is -1.22. The van der Waals surface area contributed by atoms with E-state index in [0.717, 1.165) is 5.39 Å². The second-order valence-corrected chi connectivity index (χ2v) is 3.75. The average Bonchev–Trinajstić information content (AvgIpc) is 2.34. The molecule has 0 unspecified atom stereocenters. The molecule has 0 saturated heterocycles. The van der Waals surface area contributed by atoms with Gasteiger partial charge in [-0.1, -0.05) is 18.2 Å². The molecule has 0 saturated carbocycles. The van der Waals surface area contributed by atoms with E-state index in [9.17, 15) is 13.2 Å². The van der Waals surface area contributed by atoms with E-state index < -0.39 is 12.8 Å². The number of halogens is 3. The molecule has 2 N–H and O–H groups in total. The van der Waals surface area contributed by atoms with Crippen molar-refractivity contribution in [2.45, 2.75) is 12.7 Å². The maximum Gasteiger partial charge on any atom is 0.422 e. The van der Waals surface area contributed by atoms with Gasteiger partial charge in [0, 0.05) is 11.9 Å². The number of hydrogen-bond acceptors (Lipinski definition) is 3. The fourth-order valence-corrected chi connectivity index (χ4v) is 1.58. The maximum absolute atomic E-state index is 12.1. The smallest absolute Gasteiger partial charge is 0.422 e. The van der Waals surface area contributed by atoms with Crippen molar-refractivity contribution in [3.8, 4) is 5.88 Å². The lowest BCUT2D eigenvalue weighted by Gasteiger charge is -2.11. The van der Waals surface area contributed by atoms with Crippen molar-refractivity contribution < 1.29 is 17.9 Å². The summed E-state index contributed by atoms with van der Waals surface area (Å²) >= 11 is 0. The second-order valence-electron chi connectivity index (χ2n) is 3.75. The molecular weight excluding hydrogens is 245 g/mol. The van der Waals surface area contributed by atoms with E-state index in [2.05, 4.69) is 4.98 Å². The number of pyridine rings is 1. The van der Waals surface area contributed by atoms with Crippen LogP contribution in [0.1, 0.15) is 5.69 Å². The summed E-state index contributed by atoms with van der Waals surface area (Å²) in [5.74, 6) is -0.0362. The maximum atomic E-state index is 12.1. The van der Waals surface area contributed by atoms with Crippen LogP contribution in [0.4, 0.5) is 13.2 Å². The molecule has 3 nitrogen and oxygen atoms in total. The first-order chi connectivity index (χ1) is 8.49. The Hall–Kier alpha value is -1.82. The first kappa shape index (κ1) is 12.6. The Kier molecular flexibility index (Phi) is 3.38. The molecule has 1 aromatic heterocycles. The number of alkyl halides is 3. The van der Waals surface area contributed by atoms with Crippen molar-refractivity contribution in [1.82, 2.24) is 4.98 Å². The van der Waals surface area contributed by atoms with E-state index >= 15 is 0 Å². The Balaban J connectivity index is 2.41. The lowest BCUT2D eigenvalue weighted by atomic mass is 10.1. The van der Waals surface area contributed by atoms with Crippen LogP contribution in [0.3, 0.4) is 0 Å². The molecule has 0 amide bonds. The molecule has 2 rings (SSSR count). The number of hydrogen-bond donors (Lipinski definition) is 1. The Morgan fingerprint density at radius 3 is 2.61 bits per heavy atom. The number of rotatable bonds is 3. The predicted molar refractivity (Wildman–Crippen MR) is 61.2 cm³/mol. The number of benzene rings is 1. The normalized spacial score (nSPS) is 11.8. The molecule has 0 atom stereocenters. The van der Waals surface area contributed by atoms with Crippen LogP contribution in [0.2, 0.25) is 0 Å². The van der Waals surface area contributed by atoms with Gasteiger partial charge in [-0.05, 0) is 17.5 Å². The van der Waals surface area contributed by atoms with Gasteiger partial charge in [0.05, 0.1) is 5.69 Å². The number of nitrogens with two attached hydrogens (primary N) is 1. The zero-order valence-electron chi connectivity index (χ0n) is 9.37. The van der Waals surface area contributed by atoms with Crippen LogP contribution in [0, 0.1) is 0 Å². The van der Waals surface area contributed by atoms with Crippen LogP contribution in [0.25, 0.3) is 10.8 Å². The van der Waals surface area contributed by atoms with E-state index in [4.69, 9.17) is 10.5 Å². The van der Waals surface area contributed by atoms with Crippen LogP contribution in [0.5, 0.6) is 5.88 Å². The lowest BCUT2D eigenvalue weighted by Crippen LogP contribution is -2.20. The molecule has 1 aromatic carbocycles. The van der Waals surface area contributed by atoms with Gasteiger partial charge in [0.25, 0.3) is 0 Å². The van der Waals surface area contributed by atoms with E-state index in [1.54, 1.807) is 30.3 Å². The van der Waals surface area contributed by atoms with E-state index in [1.807, 2.05) is 0 Å². The highest BCUT2D eigenvalue weighted by molar-refractivity contribution is 5.87. The minimum absolute atomic E-state index is 0.0362. The molecule has 0 radical (unpaired) electrons. The molecule has 1 heterocycles. The Labute approximate surface area is 101 Å². The highest BCUT2D eigenvalue weighted by atomic mass is 19.4. The monoisotopic (exact) mass is 256 g/mol. The summed E-state index contributed by atoms with van der Waals surface area (Å²) in [5.41, 5.74) is 5.94. The van der Waals surface area contributed by atoms with Crippen molar-refractivity contribution in [3.05, 3.63) is 36.0 Å². The van der Waals surface area contributed by atoms with Gasteiger partial charge >= 0.3 is 6.18 Å². The van der Waals surface area contributed by atoms with E-state index in [1.165, 1.54) is 0 Å². The standard InChI is InChI=1S/C12H11F3N2O/c13-12(14,15)7-18-11-10-4-2-1-3-8(10)5-9(6-16)17-11/h1-5H,6-7,16H2. The molecule has 6 heteroatoms. The number of nitrogens with zero attached hydrogens (tertiary/aromatic N) is 1. The minimum atomic E-state index is -4.39. The largest absolute Gasteiger partial charge is 0.468 e. The summed E-state index contributed by atoms with van der Waals surface area (Å²) in [5, 5.41) is 1.30. The SMILES string of the molecule is NCc1cc2ccccc2c(OCC(F)(F)F)n1. The third-order valence-corrected chi connectivity index (χ3v) is 2.34. The van der Waals surface area contributed by atoms with E-state index in [0.29, 0.717) is 11.1 Å².